The largest absolute Gasteiger partial charge is 0.458 e. The van der Waals surface area contributed by atoms with E-state index in [1.807, 2.05) is 54.6 Å². The number of carbonyl (C=O) groups excluding carboxylic acids is 2. The van der Waals surface area contributed by atoms with Crippen molar-refractivity contribution >= 4 is 28.0 Å². The normalized spacial score (nSPS) is 21.1. The molecule has 7 heteroatoms. The van der Waals surface area contributed by atoms with Crippen molar-refractivity contribution in [1.29, 1.82) is 0 Å². The predicted molar refractivity (Wildman–Crippen MR) is 116 cm³/mol. The predicted octanol–water partition coefficient (Wildman–Crippen LogP) is 4.92. The molecule has 0 saturated carbocycles. The number of hydrogen-bond acceptors (Lipinski definition) is 5. The molecule has 1 saturated heterocycles. The fourth-order valence-electron chi connectivity index (χ4n) is 3.18. The van der Waals surface area contributed by atoms with Gasteiger partial charge in [-0.2, -0.15) is 0 Å². The van der Waals surface area contributed by atoms with Gasteiger partial charge in [-0.05, 0) is 44.0 Å². The maximum absolute atomic E-state index is 13.0. The molecular weight excluding hydrogens is 450 g/mol. The number of nitrogens with one attached hydrogen (secondary N) is 1. The van der Waals surface area contributed by atoms with Crippen LogP contribution in [-0.4, -0.2) is 29.8 Å². The van der Waals surface area contributed by atoms with E-state index in [9.17, 15) is 9.59 Å². The Morgan fingerprint density at radius 2 is 1.80 bits per heavy atom. The lowest BCUT2D eigenvalue weighted by Crippen LogP contribution is -2.57. The first kappa shape index (κ1) is 22.3. The summed E-state index contributed by atoms with van der Waals surface area (Å²) in [6.07, 6.45) is -0.783. The number of rotatable bonds is 5. The van der Waals surface area contributed by atoms with Crippen LogP contribution in [0.4, 0.5) is 4.79 Å². The minimum Gasteiger partial charge on any atom is -0.458 e. The Labute approximate surface area is 185 Å². The van der Waals surface area contributed by atoms with Gasteiger partial charge in [0.1, 0.15) is 12.2 Å². The monoisotopic (exact) mass is 475 g/mol. The molecule has 1 amide bonds. The lowest BCUT2D eigenvalue weighted by Gasteiger charge is -2.30. The molecule has 0 radical (unpaired) electrons. The summed E-state index contributed by atoms with van der Waals surface area (Å²) >= 11 is 3.41. The van der Waals surface area contributed by atoms with Gasteiger partial charge in [-0.15, -0.1) is 0 Å². The topological polar surface area (TPSA) is 73.9 Å². The number of hydrogen-bond donors (Lipinski definition) is 1. The molecule has 2 aromatic carbocycles. The molecule has 1 N–H and O–H groups in total. The number of alkyl carbamates (subject to hydrolysis) is 1. The molecule has 1 fully saturated rings. The highest BCUT2D eigenvalue weighted by Crippen LogP contribution is 2.37. The van der Waals surface area contributed by atoms with Gasteiger partial charge in [0, 0.05) is 10.9 Å². The summed E-state index contributed by atoms with van der Waals surface area (Å²) in [5.41, 5.74) is -0.244. The van der Waals surface area contributed by atoms with Crippen molar-refractivity contribution in [3.8, 4) is 0 Å². The zero-order chi connectivity index (χ0) is 21.8. The zero-order valence-electron chi connectivity index (χ0n) is 17.3. The van der Waals surface area contributed by atoms with Gasteiger partial charge in [0.15, 0.2) is 5.54 Å². The number of carbonyl (C=O) groups is 2. The van der Waals surface area contributed by atoms with E-state index < -0.39 is 23.2 Å². The van der Waals surface area contributed by atoms with Gasteiger partial charge < -0.3 is 19.5 Å². The lowest BCUT2D eigenvalue weighted by atomic mass is 9.93. The Morgan fingerprint density at radius 3 is 2.43 bits per heavy atom. The van der Waals surface area contributed by atoms with Crippen molar-refractivity contribution in [1.82, 2.24) is 5.32 Å². The van der Waals surface area contributed by atoms with Gasteiger partial charge in [0.25, 0.3) is 0 Å². The third kappa shape index (κ3) is 5.83. The summed E-state index contributed by atoms with van der Waals surface area (Å²) in [6, 6.07) is 17.0. The molecule has 1 heterocycles. The summed E-state index contributed by atoms with van der Waals surface area (Å²) in [5, 5.41) is 2.73. The van der Waals surface area contributed by atoms with Crippen molar-refractivity contribution in [2.45, 2.75) is 51.0 Å². The average molecular weight is 476 g/mol. The summed E-state index contributed by atoms with van der Waals surface area (Å²) in [4.78, 5) is 25.6. The van der Waals surface area contributed by atoms with Crippen LogP contribution in [0.3, 0.4) is 0 Å². The van der Waals surface area contributed by atoms with Crippen LogP contribution in [0.1, 0.15) is 44.4 Å². The molecule has 0 aliphatic carbocycles. The molecule has 0 spiro atoms. The van der Waals surface area contributed by atoms with Crippen molar-refractivity contribution in [2.75, 3.05) is 6.61 Å². The summed E-state index contributed by atoms with van der Waals surface area (Å²) in [5.74, 6) is -0.536. The zero-order valence-corrected chi connectivity index (χ0v) is 18.9. The Kier molecular flexibility index (Phi) is 6.83. The van der Waals surface area contributed by atoms with Crippen LogP contribution < -0.4 is 5.32 Å². The van der Waals surface area contributed by atoms with E-state index in [-0.39, 0.29) is 25.7 Å². The van der Waals surface area contributed by atoms with Crippen molar-refractivity contribution < 1.29 is 23.8 Å². The molecule has 1 aliphatic heterocycles. The molecule has 160 valence electrons. The maximum atomic E-state index is 13.0. The van der Waals surface area contributed by atoms with Crippen LogP contribution in [0.5, 0.6) is 0 Å². The van der Waals surface area contributed by atoms with Crippen molar-refractivity contribution in [2.24, 2.45) is 0 Å². The van der Waals surface area contributed by atoms with E-state index in [0.717, 1.165) is 15.6 Å². The summed E-state index contributed by atoms with van der Waals surface area (Å²) < 4.78 is 17.8. The van der Waals surface area contributed by atoms with Gasteiger partial charge in [-0.3, -0.25) is 0 Å². The van der Waals surface area contributed by atoms with E-state index in [0.29, 0.717) is 0 Å². The van der Waals surface area contributed by atoms with Crippen LogP contribution in [0, 0.1) is 0 Å². The van der Waals surface area contributed by atoms with Crippen molar-refractivity contribution in [3.63, 3.8) is 0 Å². The third-order valence-electron chi connectivity index (χ3n) is 4.65. The van der Waals surface area contributed by atoms with Gasteiger partial charge >= 0.3 is 12.1 Å². The number of halogens is 1. The Morgan fingerprint density at radius 1 is 1.13 bits per heavy atom. The van der Waals surface area contributed by atoms with Crippen LogP contribution in [0.15, 0.2) is 59.1 Å². The average Bonchev–Trinajstić information content (AvgIpc) is 3.12. The van der Waals surface area contributed by atoms with E-state index in [1.165, 1.54) is 0 Å². The van der Waals surface area contributed by atoms with E-state index in [2.05, 4.69) is 21.2 Å². The molecule has 0 bridgehead atoms. The highest BCUT2D eigenvalue weighted by molar-refractivity contribution is 9.10. The van der Waals surface area contributed by atoms with E-state index in [4.69, 9.17) is 14.2 Å². The van der Waals surface area contributed by atoms with Gasteiger partial charge in [-0.1, -0.05) is 58.4 Å². The molecule has 2 aromatic rings. The number of esters is 1. The molecule has 0 unspecified atom stereocenters. The molecular formula is C23H26BrNO5. The second kappa shape index (κ2) is 9.18. The molecule has 3 rings (SSSR count). The fourth-order valence-corrected chi connectivity index (χ4v) is 3.44. The third-order valence-corrected chi connectivity index (χ3v) is 5.18. The van der Waals surface area contributed by atoms with Crippen LogP contribution in [0.2, 0.25) is 0 Å². The summed E-state index contributed by atoms with van der Waals surface area (Å²) in [7, 11) is 0. The Hall–Kier alpha value is -2.38. The first-order valence-corrected chi connectivity index (χ1v) is 10.6. The van der Waals surface area contributed by atoms with Gasteiger partial charge in [-0.25, -0.2) is 9.59 Å². The smallest absolute Gasteiger partial charge is 0.408 e. The molecule has 30 heavy (non-hydrogen) atoms. The summed E-state index contributed by atoms with van der Waals surface area (Å²) in [6.45, 7) is 5.47. The number of amides is 1. The van der Waals surface area contributed by atoms with E-state index >= 15 is 0 Å². The molecule has 6 nitrogen and oxygen atoms in total. The van der Waals surface area contributed by atoms with E-state index in [1.54, 1.807) is 20.8 Å². The maximum Gasteiger partial charge on any atom is 0.408 e. The van der Waals surface area contributed by atoms with Gasteiger partial charge in [0.2, 0.25) is 0 Å². The number of benzene rings is 2. The first-order chi connectivity index (χ1) is 14.2. The Bertz CT molecular complexity index is 879. The SMILES string of the molecule is CC(C)(C)OC(=O)[C@]1(NC(=O)OCc2ccccc2)CO[C@H](c2ccc(Br)cc2)C1. The molecule has 2 atom stereocenters. The highest BCUT2D eigenvalue weighted by Gasteiger charge is 2.50. The second-order valence-electron chi connectivity index (χ2n) is 8.33. The van der Waals surface area contributed by atoms with Crippen molar-refractivity contribution in [3.05, 3.63) is 70.2 Å². The molecule has 0 aromatic heterocycles. The Balaban J connectivity index is 1.74. The van der Waals surface area contributed by atoms with Crippen LogP contribution >= 0.6 is 15.9 Å². The lowest BCUT2D eigenvalue weighted by molar-refractivity contribution is -0.163. The van der Waals surface area contributed by atoms with Crippen LogP contribution in [0.25, 0.3) is 0 Å². The quantitative estimate of drug-likeness (QED) is 0.621. The first-order valence-electron chi connectivity index (χ1n) is 9.76. The molecule has 1 aliphatic rings. The van der Waals surface area contributed by atoms with Gasteiger partial charge in [0.05, 0.1) is 12.7 Å². The van der Waals surface area contributed by atoms with Crippen LogP contribution in [-0.2, 0) is 25.6 Å². The minimum absolute atomic E-state index is 0.00306. The minimum atomic E-state index is -1.32. The highest BCUT2D eigenvalue weighted by atomic mass is 79.9. The number of ether oxygens (including phenoxy) is 3. The standard InChI is InChI=1S/C23H26BrNO5/c1-22(2,3)30-20(26)23(25-21(27)28-14-16-7-5-4-6-8-16)13-19(29-15-23)17-9-11-18(24)12-10-17/h4-12,19H,13-15H2,1-3H3,(H,25,27)/t19-,23+/m0/s1. The fraction of sp³-hybridized carbons (Fsp3) is 0.391. The second-order valence-corrected chi connectivity index (χ2v) is 9.24.